The highest BCUT2D eigenvalue weighted by molar-refractivity contribution is 7.89. The molecule has 1 heterocycles. The van der Waals surface area contributed by atoms with Crippen molar-refractivity contribution < 1.29 is 22.0 Å². The van der Waals surface area contributed by atoms with Crippen molar-refractivity contribution in [3.63, 3.8) is 0 Å². The molecule has 0 bridgehead atoms. The van der Waals surface area contributed by atoms with Crippen LogP contribution in [0.3, 0.4) is 0 Å². The second-order valence-electron chi connectivity index (χ2n) is 7.77. The maximum absolute atomic E-state index is 13.4. The normalized spacial score (nSPS) is 15.9. The second-order valence-corrected chi connectivity index (χ2v) is 9.71. The van der Waals surface area contributed by atoms with Gasteiger partial charge in [0.05, 0.1) is 4.90 Å². The van der Waals surface area contributed by atoms with Crippen LogP contribution in [-0.4, -0.2) is 56.8 Å². The number of nitrogens with zero attached hydrogens (tertiary/aromatic N) is 2. The quantitative estimate of drug-likeness (QED) is 0.670. The molecule has 3 rings (SSSR count). The Morgan fingerprint density at radius 1 is 1.10 bits per heavy atom. The third kappa shape index (κ3) is 6.09. The third-order valence-electron chi connectivity index (χ3n) is 5.44. The summed E-state index contributed by atoms with van der Waals surface area (Å²) < 4.78 is 53.1. The number of likely N-dealkylation sites (N-methyl/N-ethyl adjacent to an activating group) is 1. The fourth-order valence-corrected chi connectivity index (χ4v) is 5.12. The Bertz CT molecular complexity index is 994. The van der Waals surface area contributed by atoms with Gasteiger partial charge >= 0.3 is 0 Å². The van der Waals surface area contributed by atoms with Crippen LogP contribution in [0.1, 0.15) is 18.4 Å². The Hall–Kier alpha value is -2.36. The molecule has 6 nitrogen and oxygen atoms in total. The van der Waals surface area contributed by atoms with E-state index < -0.39 is 21.7 Å². The minimum absolute atomic E-state index is 0.0852. The van der Waals surface area contributed by atoms with Gasteiger partial charge in [0.25, 0.3) is 0 Å². The summed E-state index contributed by atoms with van der Waals surface area (Å²) in [6.07, 6.45) is 0.767. The number of hydrogen-bond acceptors (Lipinski definition) is 4. The molecule has 1 saturated heterocycles. The number of nitrogens with one attached hydrogen (secondary N) is 1. The van der Waals surface area contributed by atoms with Gasteiger partial charge in [0, 0.05) is 38.6 Å². The van der Waals surface area contributed by atoms with E-state index in [4.69, 9.17) is 0 Å². The summed E-state index contributed by atoms with van der Waals surface area (Å²) in [6.45, 7) is 2.32. The number of rotatable bonds is 8. The largest absolute Gasteiger partial charge is 0.355 e. The van der Waals surface area contributed by atoms with Gasteiger partial charge < -0.3 is 10.2 Å². The first-order valence-corrected chi connectivity index (χ1v) is 11.7. The zero-order chi connectivity index (χ0) is 22.4. The number of carbonyl (C=O) groups excluding carboxylic acids is 1. The molecule has 168 valence electrons. The van der Waals surface area contributed by atoms with Gasteiger partial charge in [0.15, 0.2) is 11.6 Å². The fraction of sp³-hybridized carbons (Fsp3) is 0.409. The zero-order valence-corrected chi connectivity index (χ0v) is 18.2. The van der Waals surface area contributed by atoms with Gasteiger partial charge in [-0.3, -0.25) is 4.79 Å². The minimum atomic E-state index is -3.92. The van der Waals surface area contributed by atoms with Crippen LogP contribution in [0.2, 0.25) is 0 Å². The molecule has 1 aliphatic rings. The molecule has 0 spiro atoms. The van der Waals surface area contributed by atoms with E-state index in [9.17, 15) is 22.0 Å². The molecular formula is C22H27F2N3O3S. The smallest absolute Gasteiger partial charge is 0.243 e. The highest BCUT2D eigenvalue weighted by atomic mass is 32.2. The highest BCUT2D eigenvalue weighted by Crippen LogP contribution is 2.25. The van der Waals surface area contributed by atoms with Crippen molar-refractivity contribution >= 4 is 15.9 Å². The summed E-state index contributed by atoms with van der Waals surface area (Å²) in [5.41, 5.74) is 1.20. The van der Waals surface area contributed by atoms with Crippen molar-refractivity contribution in [2.75, 3.05) is 33.2 Å². The first-order valence-electron chi connectivity index (χ1n) is 10.2. The van der Waals surface area contributed by atoms with Gasteiger partial charge in [-0.05, 0) is 43.7 Å². The first-order chi connectivity index (χ1) is 14.8. The predicted molar refractivity (Wildman–Crippen MR) is 114 cm³/mol. The molecule has 1 fully saturated rings. The van der Waals surface area contributed by atoms with Gasteiger partial charge in [-0.2, -0.15) is 4.31 Å². The van der Waals surface area contributed by atoms with Crippen molar-refractivity contribution in [2.24, 2.45) is 5.92 Å². The minimum Gasteiger partial charge on any atom is -0.355 e. The molecule has 0 unspecified atom stereocenters. The lowest BCUT2D eigenvalue weighted by Gasteiger charge is -2.30. The topological polar surface area (TPSA) is 69.7 Å². The standard InChI is InChI=1S/C22H27F2N3O3S/c1-26(16-17-5-3-2-4-6-17)14-11-25-22(28)18-9-12-27(13-10-18)31(29,30)19-7-8-20(23)21(24)15-19/h2-8,15,18H,9-14,16H2,1H3,(H,25,28). The van der Waals surface area contributed by atoms with Gasteiger partial charge in [-0.1, -0.05) is 30.3 Å². The van der Waals surface area contributed by atoms with Crippen molar-refractivity contribution in [3.8, 4) is 0 Å². The first kappa shape index (κ1) is 23.3. The number of halogens is 2. The predicted octanol–water partition coefficient (Wildman–Crippen LogP) is 2.61. The number of hydrogen-bond donors (Lipinski definition) is 1. The molecular weight excluding hydrogens is 424 g/mol. The molecule has 0 atom stereocenters. The van der Waals surface area contributed by atoms with Crippen LogP contribution in [0.15, 0.2) is 53.4 Å². The molecule has 0 aromatic heterocycles. The monoisotopic (exact) mass is 451 g/mol. The van der Waals surface area contributed by atoms with Crippen molar-refractivity contribution in [2.45, 2.75) is 24.3 Å². The van der Waals surface area contributed by atoms with Crippen LogP contribution in [0, 0.1) is 17.6 Å². The third-order valence-corrected chi connectivity index (χ3v) is 7.34. The molecule has 1 N–H and O–H groups in total. The molecule has 2 aromatic carbocycles. The molecule has 9 heteroatoms. The van der Waals surface area contributed by atoms with Crippen LogP contribution in [0.25, 0.3) is 0 Å². The lowest BCUT2D eigenvalue weighted by Crippen LogP contribution is -2.44. The van der Waals surface area contributed by atoms with E-state index in [1.165, 1.54) is 9.87 Å². The molecule has 2 aromatic rings. The Labute approximate surface area is 181 Å². The van der Waals surface area contributed by atoms with Crippen LogP contribution >= 0.6 is 0 Å². The molecule has 31 heavy (non-hydrogen) atoms. The lowest BCUT2D eigenvalue weighted by atomic mass is 9.97. The summed E-state index contributed by atoms with van der Waals surface area (Å²) in [6, 6.07) is 12.6. The molecule has 0 saturated carbocycles. The molecule has 1 amide bonds. The number of benzene rings is 2. The van der Waals surface area contributed by atoms with E-state index in [0.717, 1.165) is 18.7 Å². The SMILES string of the molecule is CN(CCNC(=O)C1CCN(S(=O)(=O)c2ccc(F)c(F)c2)CC1)Cc1ccccc1. The van der Waals surface area contributed by atoms with Gasteiger partial charge in [0.2, 0.25) is 15.9 Å². The van der Waals surface area contributed by atoms with Gasteiger partial charge in [0.1, 0.15) is 0 Å². The summed E-state index contributed by atoms with van der Waals surface area (Å²) >= 11 is 0. The summed E-state index contributed by atoms with van der Waals surface area (Å²) in [5.74, 6) is -2.65. The number of piperidine rings is 1. The maximum atomic E-state index is 13.4. The Balaban J connectivity index is 1.44. The van der Waals surface area contributed by atoms with E-state index in [1.807, 2.05) is 25.2 Å². The van der Waals surface area contributed by atoms with Crippen molar-refractivity contribution in [1.82, 2.24) is 14.5 Å². The van der Waals surface area contributed by atoms with E-state index >= 15 is 0 Å². The number of carbonyl (C=O) groups is 1. The summed E-state index contributed by atoms with van der Waals surface area (Å²) in [5, 5.41) is 2.93. The van der Waals surface area contributed by atoms with Crippen LogP contribution in [-0.2, 0) is 21.4 Å². The number of amides is 1. The second kappa shape index (κ2) is 10.3. The van der Waals surface area contributed by atoms with E-state index in [-0.39, 0.29) is 29.8 Å². The van der Waals surface area contributed by atoms with Crippen LogP contribution in [0.4, 0.5) is 8.78 Å². The van der Waals surface area contributed by atoms with Crippen molar-refractivity contribution in [3.05, 3.63) is 65.7 Å². The Morgan fingerprint density at radius 3 is 2.42 bits per heavy atom. The molecule has 0 aliphatic carbocycles. The van der Waals surface area contributed by atoms with Gasteiger partial charge in [-0.25, -0.2) is 17.2 Å². The molecule has 1 aliphatic heterocycles. The van der Waals surface area contributed by atoms with E-state index in [1.54, 1.807) is 0 Å². The van der Waals surface area contributed by atoms with Gasteiger partial charge in [-0.15, -0.1) is 0 Å². The Morgan fingerprint density at radius 2 is 1.77 bits per heavy atom. The van der Waals surface area contributed by atoms with Crippen molar-refractivity contribution in [1.29, 1.82) is 0 Å². The zero-order valence-electron chi connectivity index (χ0n) is 17.4. The van der Waals surface area contributed by atoms with Crippen LogP contribution in [0.5, 0.6) is 0 Å². The lowest BCUT2D eigenvalue weighted by molar-refractivity contribution is -0.126. The summed E-state index contributed by atoms with van der Waals surface area (Å²) in [7, 11) is -1.93. The highest BCUT2D eigenvalue weighted by Gasteiger charge is 2.32. The number of sulfonamides is 1. The average molecular weight is 452 g/mol. The fourth-order valence-electron chi connectivity index (χ4n) is 3.63. The van der Waals surface area contributed by atoms with Crippen LogP contribution < -0.4 is 5.32 Å². The van der Waals surface area contributed by atoms with E-state index in [0.29, 0.717) is 32.0 Å². The summed E-state index contributed by atoms with van der Waals surface area (Å²) in [4.78, 5) is 14.3. The molecule has 0 radical (unpaired) electrons. The van der Waals surface area contributed by atoms with E-state index in [2.05, 4.69) is 22.3 Å². The maximum Gasteiger partial charge on any atom is 0.243 e. The average Bonchev–Trinajstić information content (AvgIpc) is 2.76. The Kier molecular flexibility index (Phi) is 7.74.